The summed E-state index contributed by atoms with van der Waals surface area (Å²) >= 11 is 5.17. The van der Waals surface area contributed by atoms with Crippen LogP contribution >= 0.6 is 11.6 Å². The summed E-state index contributed by atoms with van der Waals surface area (Å²) in [5.74, 6) is -1.16. The number of nitrogens with two attached hydrogens (primary N) is 2. The van der Waals surface area contributed by atoms with E-state index in [1.807, 2.05) is 0 Å². The molecule has 56 valence electrons. The van der Waals surface area contributed by atoms with Crippen molar-refractivity contribution >= 4 is 17.6 Å². The second kappa shape index (κ2) is 3.79. The van der Waals surface area contributed by atoms with Crippen LogP contribution < -0.4 is 11.5 Å². The molecular formula is C5H7ClN2O2. The van der Waals surface area contributed by atoms with Crippen LogP contribution in [0.4, 0.5) is 0 Å². The molecular weight excluding hydrogens is 156 g/mol. The van der Waals surface area contributed by atoms with Crippen molar-refractivity contribution in [3.63, 3.8) is 0 Å². The molecule has 0 radical (unpaired) electrons. The molecule has 10 heavy (non-hydrogen) atoms. The van der Waals surface area contributed by atoms with Crippen molar-refractivity contribution in [1.29, 1.82) is 0 Å². The van der Waals surface area contributed by atoms with E-state index in [1.54, 1.807) is 0 Å². The average Bonchev–Trinajstić information content (AvgIpc) is 1.81. The van der Waals surface area contributed by atoms with Crippen LogP contribution in [0.2, 0.25) is 0 Å². The molecule has 0 atom stereocenters. The molecule has 0 saturated carbocycles. The molecule has 0 aromatic carbocycles. The molecule has 5 heteroatoms. The van der Waals surface area contributed by atoms with Gasteiger partial charge in [0.25, 0.3) is 0 Å². The highest BCUT2D eigenvalue weighted by Crippen LogP contribution is 1.99. The molecule has 0 rings (SSSR count). The van der Waals surface area contributed by atoms with Crippen LogP contribution in [-0.4, -0.2) is 11.1 Å². The number of hydrogen-bond acceptors (Lipinski definition) is 3. The Labute approximate surface area is 62.8 Å². The van der Waals surface area contributed by atoms with Crippen molar-refractivity contribution < 1.29 is 9.90 Å². The van der Waals surface area contributed by atoms with Crippen LogP contribution in [-0.2, 0) is 4.79 Å². The van der Waals surface area contributed by atoms with Crippen LogP contribution in [0.15, 0.2) is 23.0 Å². The highest BCUT2D eigenvalue weighted by atomic mass is 35.5. The zero-order chi connectivity index (χ0) is 8.15. The van der Waals surface area contributed by atoms with Crippen molar-refractivity contribution in [2.75, 3.05) is 0 Å². The highest BCUT2D eigenvalue weighted by molar-refractivity contribution is 6.29. The Kier molecular flexibility index (Phi) is 3.35. The lowest BCUT2D eigenvalue weighted by Gasteiger charge is -1.91. The van der Waals surface area contributed by atoms with Crippen molar-refractivity contribution in [3.05, 3.63) is 23.0 Å². The van der Waals surface area contributed by atoms with E-state index in [-0.39, 0.29) is 10.7 Å². The van der Waals surface area contributed by atoms with Gasteiger partial charge in [0.2, 0.25) is 0 Å². The van der Waals surface area contributed by atoms with Crippen LogP contribution in [0.1, 0.15) is 0 Å². The van der Waals surface area contributed by atoms with Crippen molar-refractivity contribution in [3.8, 4) is 0 Å². The second-order valence-corrected chi connectivity index (χ2v) is 1.89. The molecule has 5 N–H and O–H groups in total. The Bertz CT molecular complexity index is 194. The van der Waals surface area contributed by atoms with E-state index < -0.39 is 5.97 Å². The third-order valence-electron chi connectivity index (χ3n) is 0.720. The van der Waals surface area contributed by atoms with Crippen LogP contribution in [0, 0.1) is 0 Å². The SMILES string of the molecule is N/C=C(\C=C(/N)Cl)C(=O)O. The van der Waals surface area contributed by atoms with E-state index in [4.69, 9.17) is 28.2 Å². The van der Waals surface area contributed by atoms with Gasteiger partial charge in [-0.15, -0.1) is 0 Å². The van der Waals surface area contributed by atoms with Crippen molar-refractivity contribution in [2.45, 2.75) is 0 Å². The van der Waals surface area contributed by atoms with Crippen LogP contribution in [0.5, 0.6) is 0 Å². The lowest BCUT2D eigenvalue weighted by atomic mass is 10.3. The number of carboxylic acids is 1. The molecule has 0 spiro atoms. The fraction of sp³-hybridized carbons (Fsp3) is 0. The van der Waals surface area contributed by atoms with Gasteiger partial charge < -0.3 is 16.6 Å². The first-order valence-corrected chi connectivity index (χ1v) is 2.73. The quantitative estimate of drug-likeness (QED) is 0.302. The van der Waals surface area contributed by atoms with Gasteiger partial charge in [-0.25, -0.2) is 4.79 Å². The number of carbonyl (C=O) groups is 1. The maximum atomic E-state index is 10.2. The summed E-state index contributed by atoms with van der Waals surface area (Å²) in [7, 11) is 0. The Morgan fingerprint density at radius 3 is 2.20 bits per heavy atom. The maximum Gasteiger partial charge on any atom is 0.337 e. The normalized spacial score (nSPS) is 13.3. The summed E-state index contributed by atoms with van der Waals surface area (Å²) in [4.78, 5) is 10.2. The molecule has 0 aliphatic carbocycles. The maximum absolute atomic E-state index is 10.2. The minimum absolute atomic E-state index is 0.112. The highest BCUT2D eigenvalue weighted by Gasteiger charge is 2.01. The third kappa shape index (κ3) is 2.99. The molecule has 0 heterocycles. The van der Waals surface area contributed by atoms with Gasteiger partial charge >= 0.3 is 5.97 Å². The third-order valence-corrected chi connectivity index (χ3v) is 0.829. The summed E-state index contributed by atoms with van der Waals surface area (Å²) in [5.41, 5.74) is 9.76. The first-order chi connectivity index (χ1) is 4.57. The van der Waals surface area contributed by atoms with Gasteiger partial charge in [-0.2, -0.15) is 0 Å². The Hall–Kier alpha value is -1.16. The molecule has 4 nitrogen and oxygen atoms in total. The predicted octanol–water partition coefficient (Wildman–Crippen LogP) is -0.0475. The Morgan fingerprint density at radius 2 is 2.10 bits per heavy atom. The molecule has 0 aromatic heterocycles. The van der Waals surface area contributed by atoms with E-state index in [0.29, 0.717) is 0 Å². The fourth-order valence-electron chi connectivity index (χ4n) is 0.330. The lowest BCUT2D eigenvalue weighted by molar-refractivity contribution is -0.132. The number of carboxylic acid groups (broad SMARTS) is 1. The van der Waals surface area contributed by atoms with E-state index in [1.165, 1.54) is 0 Å². The van der Waals surface area contributed by atoms with Gasteiger partial charge in [-0.3, -0.25) is 0 Å². The number of hydrogen-bond donors (Lipinski definition) is 3. The van der Waals surface area contributed by atoms with Gasteiger partial charge in [0.1, 0.15) is 5.16 Å². The molecule has 0 saturated heterocycles. The van der Waals surface area contributed by atoms with Crippen molar-refractivity contribution in [1.82, 2.24) is 0 Å². The van der Waals surface area contributed by atoms with E-state index >= 15 is 0 Å². The zero-order valence-corrected chi connectivity index (χ0v) is 5.80. The largest absolute Gasteiger partial charge is 0.478 e. The van der Waals surface area contributed by atoms with Gasteiger partial charge in [-0.1, -0.05) is 11.6 Å². The van der Waals surface area contributed by atoms with E-state index in [0.717, 1.165) is 12.3 Å². The standard InChI is InChI=1S/C5H7ClN2O2/c6-4(8)1-3(2-7)5(9)10/h1-2H,7-8H2,(H,9,10)/b3-2+,4-1-. The first-order valence-electron chi connectivity index (χ1n) is 2.35. The summed E-state index contributed by atoms with van der Waals surface area (Å²) in [6.07, 6.45) is 1.97. The topological polar surface area (TPSA) is 89.3 Å². The summed E-state index contributed by atoms with van der Waals surface area (Å²) in [5, 5.41) is 8.20. The summed E-state index contributed by atoms with van der Waals surface area (Å²) in [6, 6.07) is 0. The summed E-state index contributed by atoms with van der Waals surface area (Å²) in [6.45, 7) is 0. The molecule has 0 bridgehead atoms. The predicted molar refractivity (Wildman–Crippen MR) is 38.0 cm³/mol. The Balaban J connectivity index is 4.42. The minimum Gasteiger partial charge on any atom is -0.478 e. The smallest absolute Gasteiger partial charge is 0.337 e. The first kappa shape index (κ1) is 8.84. The minimum atomic E-state index is -1.16. The molecule has 0 aliphatic heterocycles. The van der Waals surface area contributed by atoms with Gasteiger partial charge in [0, 0.05) is 6.20 Å². The molecule has 0 fully saturated rings. The average molecular weight is 163 g/mol. The summed E-state index contributed by atoms with van der Waals surface area (Å²) < 4.78 is 0. The van der Waals surface area contributed by atoms with Crippen LogP contribution in [0.3, 0.4) is 0 Å². The fourth-order valence-corrected chi connectivity index (χ4v) is 0.447. The monoisotopic (exact) mass is 162 g/mol. The van der Waals surface area contributed by atoms with Gasteiger partial charge in [-0.05, 0) is 6.08 Å². The number of aliphatic carboxylic acids is 1. The van der Waals surface area contributed by atoms with Crippen molar-refractivity contribution in [2.24, 2.45) is 11.5 Å². The number of rotatable bonds is 2. The zero-order valence-electron chi connectivity index (χ0n) is 5.04. The van der Waals surface area contributed by atoms with Crippen LogP contribution in [0.25, 0.3) is 0 Å². The molecule has 0 amide bonds. The molecule has 0 aromatic rings. The lowest BCUT2D eigenvalue weighted by Crippen LogP contribution is -2.02. The van der Waals surface area contributed by atoms with Gasteiger partial charge in [0.05, 0.1) is 5.57 Å². The van der Waals surface area contributed by atoms with E-state index in [2.05, 4.69) is 0 Å². The van der Waals surface area contributed by atoms with E-state index in [9.17, 15) is 4.79 Å². The Morgan fingerprint density at radius 1 is 1.60 bits per heavy atom. The van der Waals surface area contributed by atoms with Gasteiger partial charge in [0.15, 0.2) is 0 Å². The number of halogens is 1. The molecule has 0 unspecified atom stereocenters. The molecule has 0 aliphatic rings. The second-order valence-electron chi connectivity index (χ2n) is 1.46.